The number of amides is 1. The lowest BCUT2D eigenvalue weighted by Crippen LogP contribution is -2.30. The first-order valence-electron chi connectivity index (χ1n) is 7.97. The van der Waals surface area contributed by atoms with Gasteiger partial charge in [-0.3, -0.25) is 9.59 Å². The van der Waals surface area contributed by atoms with Gasteiger partial charge in [-0.25, -0.2) is 0 Å². The van der Waals surface area contributed by atoms with Crippen LogP contribution in [0.2, 0.25) is 0 Å². The molecule has 1 amide bonds. The number of Topliss-reactive ketones (excluding diaryl/α,β-unsaturated/α-hetero) is 1. The SMILES string of the molecule is COc1ccc(OC)c([C@@H]2C(C(C)=O)=C(O)C(=O)N2Cc2ccco2)c1. The zero-order valence-electron chi connectivity index (χ0n) is 14.7. The van der Waals surface area contributed by atoms with Crippen molar-refractivity contribution in [2.75, 3.05) is 14.2 Å². The molecule has 136 valence electrons. The summed E-state index contributed by atoms with van der Waals surface area (Å²) in [5.74, 6) is -0.0436. The lowest BCUT2D eigenvalue weighted by Gasteiger charge is -2.27. The van der Waals surface area contributed by atoms with Crippen molar-refractivity contribution in [3.05, 3.63) is 59.3 Å². The number of hydrogen-bond acceptors (Lipinski definition) is 6. The summed E-state index contributed by atoms with van der Waals surface area (Å²) in [6.45, 7) is 1.41. The Hall–Kier alpha value is -3.22. The number of rotatable bonds is 6. The van der Waals surface area contributed by atoms with E-state index in [9.17, 15) is 14.7 Å². The van der Waals surface area contributed by atoms with E-state index in [0.29, 0.717) is 22.8 Å². The third-order valence-electron chi connectivity index (χ3n) is 4.32. The van der Waals surface area contributed by atoms with Gasteiger partial charge in [-0.1, -0.05) is 0 Å². The minimum atomic E-state index is -0.810. The van der Waals surface area contributed by atoms with Gasteiger partial charge in [0.1, 0.15) is 17.3 Å². The number of furan rings is 1. The Kier molecular flexibility index (Phi) is 4.71. The topological polar surface area (TPSA) is 89.2 Å². The fourth-order valence-electron chi connectivity index (χ4n) is 3.12. The predicted molar refractivity (Wildman–Crippen MR) is 91.9 cm³/mol. The smallest absolute Gasteiger partial charge is 0.290 e. The number of benzene rings is 1. The number of aliphatic hydroxyl groups excluding tert-OH is 1. The Morgan fingerprint density at radius 2 is 2.04 bits per heavy atom. The number of aliphatic hydroxyl groups is 1. The molecule has 0 aliphatic carbocycles. The summed E-state index contributed by atoms with van der Waals surface area (Å²) in [7, 11) is 3.02. The minimum absolute atomic E-state index is 0.0214. The number of ether oxygens (including phenoxy) is 2. The van der Waals surface area contributed by atoms with Crippen LogP contribution < -0.4 is 9.47 Å². The number of carbonyl (C=O) groups excluding carboxylic acids is 2. The van der Waals surface area contributed by atoms with Crippen molar-refractivity contribution >= 4 is 11.7 Å². The van der Waals surface area contributed by atoms with Crippen LogP contribution in [0.25, 0.3) is 0 Å². The van der Waals surface area contributed by atoms with Gasteiger partial charge in [0.05, 0.1) is 38.6 Å². The van der Waals surface area contributed by atoms with Crippen LogP contribution in [-0.4, -0.2) is 35.9 Å². The molecule has 2 heterocycles. The molecule has 1 atom stereocenters. The molecule has 7 nitrogen and oxygen atoms in total. The van der Waals surface area contributed by atoms with Gasteiger partial charge in [0.2, 0.25) is 0 Å². The van der Waals surface area contributed by atoms with Crippen molar-refractivity contribution in [1.29, 1.82) is 0 Å². The number of carbonyl (C=O) groups is 2. The van der Waals surface area contributed by atoms with Gasteiger partial charge in [0.15, 0.2) is 11.5 Å². The highest BCUT2D eigenvalue weighted by atomic mass is 16.5. The van der Waals surface area contributed by atoms with Gasteiger partial charge in [-0.2, -0.15) is 0 Å². The first-order valence-corrected chi connectivity index (χ1v) is 7.97. The van der Waals surface area contributed by atoms with Crippen LogP contribution in [0, 0.1) is 0 Å². The number of nitrogens with zero attached hydrogens (tertiary/aromatic N) is 1. The predicted octanol–water partition coefficient (Wildman–Crippen LogP) is 2.78. The van der Waals surface area contributed by atoms with Crippen LogP contribution in [0.4, 0.5) is 0 Å². The fraction of sp³-hybridized carbons (Fsp3) is 0.263. The third-order valence-corrected chi connectivity index (χ3v) is 4.32. The molecular formula is C19H19NO6. The Labute approximate surface area is 150 Å². The zero-order chi connectivity index (χ0) is 18.8. The molecule has 0 fully saturated rings. The Balaban J connectivity index is 2.15. The monoisotopic (exact) mass is 357 g/mol. The number of hydrogen-bond donors (Lipinski definition) is 1. The molecule has 7 heteroatoms. The van der Waals surface area contributed by atoms with E-state index in [-0.39, 0.29) is 12.1 Å². The second kappa shape index (κ2) is 6.95. The van der Waals surface area contributed by atoms with Gasteiger partial charge in [0, 0.05) is 5.56 Å². The van der Waals surface area contributed by atoms with Gasteiger partial charge in [0.25, 0.3) is 5.91 Å². The van der Waals surface area contributed by atoms with E-state index in [1.165, 1.54) is 32.3 Å². The second-order valence-corrected chi connectivity index (χ2v) is 5.84. The van der Waals surface area contributed by atoms with Crippen molar-refractivity contribution in [3.8, 4) is 11.5 Å². The average Bonchev–Trinajstić information content (AvgIpc) is 3.23. The van der Waals surface area contributed by atoms with E-state index >= 15 is 0 Å². The molecule has 2 aromatic rings. The van der Waals surface area contributed by atoms with E-state index in [2.05, 4.69) is 0 Å². The molecule has 1 aliphatic rings. The van der Waals surface area contributed by atoms with Gasteiger partial charge < -0.3 is 23.9 Å². The maximum absolute atomic E-state index is 12.6. The molecule has 0 spiro atoms. The Bertz CT molecular complexity index is 868. The zero-order valence-corrected chi connectivity index (χ0v) is 14.7. The Morgan fingerprint density at radius 1 is 1.27 bits per heavy atom. The molecule has 1 aromatic carbocycles. The van der Waals surface area contributed by atoms with Crippen molar-refractivity contribution in [3.63, 3.8) is 0 Å². The first-order chi connectivity index (χ1) is 12.5. The quantitative estimate of drug-likeness (QED) is 0.855. The summed E-state index contributed by atoms with van der Waals surface area (Å²) in [4.78, 5) is 26.2. The van der Waals surface area contributed by atoms with Gasteiger partial charge in [-0.05, 0) is 37.3 Å². The fourth-order valence-corrected chi connectivity index (χ4v) is 3.12. The molecule has 0 saturated heterocycles. The summed E-state index contributed by atoms with van der Waals surface area (Å²) in [6, 6.07) is 7.71. The van der Waals surface area contributed by atoms with Crippen LogP contribution in [0.3, 0.4) is 0 Å². The van der Waals surface area contributed by atoms with E-state index in [4.69, 9.17) is 13.9 Å². The van der Waals surface area contributed by atoms with Crippen molar-refractivity contribution < 1.29 is 28.6 Å². The van der Waals surface area contributed by atoms with Crippen LogP contribution in [-0.2, 0) is 16.1 Å². The largest absolute Gasteiger partial charge is 0.503 e. The lowest BCUT2D eigenvalue weighted by atomic mass is 9.95. The molecule has 1 aliphatic heterocycles. The van der Waals surface area contributed by atoms with E-state index in [0.717, 1.165) is 0 Å². The normalized spacial score (nSPS) is 17.0. The molecule has 1 aromatic heterocycles. The molecule has 0 bridgehead atoms. The maximum atomic E-state index is 12.6. The summed E-state index contributed by atoms with van der Waals surface area (Å²) < 4.78 is 16.0. The highest BCUT2D eigenvalue weighted by Crippen LogP contribution is 2.43. The third kappa shape index (κ3) is 2.92. The highest BCUT2D eigenvalue weighted by Gasteiger charge is 2.44. The molecule has 26 heavy (non-hydrogen) atoms. The van der Waals surface area contributed by atoms with Crippen LogP contribution >= 0.6 is 0 Å². The van der Waals surface area contributed by atoms with Crippen molar-refractivity contribution in [2.24, 2.45) is 0 Å². The van der Waals surface area contributed by atoms with E-state index < -0.39 is 23.5 Å². The average molecular weight is 357 g/mol. The van der Waals surface area contributed by atoms with Gasteiger partial charge >= 0.3 is 0 Å². The van der Waals surface area contributed by atoms with E-state index in [1.54, 1.807) is 30.3 Å². The molecule has 1 N–H and O–H groups in total. The first kappa shape index (κ1) is 17.6. The Morgan fingerprint density at radius 3 is 2.62 bits per heavy atom. The standard InChI is InChI=1S/C19H19NO6/c1-11(21)16-17(14-9-12(24-2)6-7-15(14)25-3)20(19(23)18(16)22)10-13-5-4-8-26-13/h4-9,17,22H,10H2,1-3H3/t17-/m1/s1. The summed E-state index contributed by atoms with van der Waals surface area (Å²) in [5.41, 5.74) is 0.564. The van der Waals surface area contributed by atoms with Gasteiger partial charge in [-0.15, -0.1) is 0 Å². The maximum Gasteiger partial charge on any atom is 0.290 e. The second-order valence-electron chi connectivity index (χ2n) is 5.84. The van der Waals surface area contributed by atoms with Crippen LogP contribution in [0.1, 0.15) is 24.3 Å². The van der Waals surface area contributed by atoms with Crippen molar-refractivity contribution in [1.82, 2.24) is 4.90 Å². The highest BCUT2D eigenvalue weighted by molar-refractivity contribution is 6.08. The number of ketones is 1. The minimum Gasteiger partial charge on any atom is -0.503 e. The summed E-state index contributed by atoms with van der Waals surface area (Å²) >= 11 is 0. The summed E-state index contributed by atoms with van der Waals surface area (Å²) in [5, 5.41) is 10.3. The molecule has 0 saturated carbocycles. The van der Waals surface area contributed by atoms with Crippen LogP contribution in [0.5, 0.6) is 11.5 Å². The van der Waals surface area contributed by atoms with E-state index in [1.807, 2.05) is 0 Å². The molecule has 0 radical (unpaired) electrons. The lowest BCUT2D eigenvalue weighted by molar-refractivity contribution is -0.130. The van der Waals surface area contributed by atoms with Crippen molar-refractivity contribution in [2.45, 2.75) is 19.5 Å². The molecule has 0 unspecified atom stereocenters. The molecule has 3 rings (SSSR count). The van der Waals surface area contributed by atoms with Crippen LogP contribution in [0.15, 0.2) is 52.3 Å². The molecular weight excluding hydrogens is 338 g/mol. The summed E-state index contributed by atoms with van der Waals surface area (Å²) in [6.07, 6.45) is 1.50. The number of methoxy groups -OCH3 is 2.